The number of amides is 1. The lowest BCUT2D eigenvalue weighted by molar-refractivity contribution is 0.0971. The minimum atomic E-state index is -0.690. The lowest BCUT2D eigenvalue weighted by Crippen LogP contribution is -2.29. The third-order valence-electron chi connectivity index (χ3n) is 5.60. The Morgan fingerprint density at radius 1 is 1.24 bits per heavy atom. The van der Waals surface area contributed by atoms with Crippen LogP contribution in [0.2, 0.25) is 0 Å². The third-order valence-corrected chi connectivity index (χ3v) is 7.16. The Labute approximate surface area is 202 Å². The normalized spacial score (nSPS) is 15.2. The molecule has 0 spiro atoms. The van der Waals surface area contributed by atoms with Crippen LogP contribution in [-0.4, -0.2) is 17.5 Å². The van der Waals surface area contributed by atoms with Gasteiger partial charge in [-0.05, 0) is 49.7 Å². The Bertz CT molecular complexity index is 1470. The maximum atomic E-state index is 13.7. The molecular formula is C25H19BrN2O4S. The molecule has 0 bridgehead atoms. The van der Waals surface area contributed by atoms with E-state index in [4.69, 9.17) is 9.15 Å². The van der Waals surface area contributed by atoms with Crippen LogP contribution < -0.4 is 15.1 Å². The van der Waals surface area contributed by atoms with E-state index in [0.29, 0.717) is 34.0 Å². The summed E-state index contributed by atoms with van der Waals surface area (Å²) in [5, 5.41) is 0.932. The molecule has 5 rings (SSSR count). The molecule has 1 atom stereocenters. The first-order chi connectivity index (χ1) is 15.9. The number of benzene rings is 2. The largest absolute Gasteiger partial charge is 0.490 e. The molecule has 2 aromatic heterocycles. The van der Waals surface area contributed by atoms with E-state index in [0.717, 1.165) is 20.6 Å². The van der Waals surface area contributed by atoms with E-state index in [1.807, 2.05) is 38.1 Å². The molecule has 6 nitrogen and oxygen atoms in total. The molecule has 0 N–H and O–H groups in total. The number of hydrogen-bond acceptors (Lipinski definition) is 6. The van der Waals surface area contributed by atoms with E-state index in [9.17, 15) is 9.59 Å². The Morgan fingerprint density at radius 2 is 2.06 bits per heavy atom. The van der Waals surface area contributed by atoms with Crippen LogP contribution in [0.25, 0.3) is 11.0 Å². The molecule has 0 saturated heterocycles. The second kappa shape index (κ2) is 8.28. The van der Waals surface area contributed by atoms with Crippen molar-refractivity contribution in [3.8, 4) is 5.75 Å². The Morgan fingerprint density at radius 3 is 2.79 bits per heavy atom. The van der Waals surface area contributed by atoms with Gasteiger partial charge in [0.1, 0.15) is 17.9 Å². The minimum Gasteiger partial charge on any atom is -0.490 e. The summed E-state index contributed by atoms with van der Waals surface area (Å²) in [4.78, 5) is 34.5. The maximum Gasteiger partial charge on any atom is 0.297 e. The molecular weight excluding hydrogens is 504 g/mol. The highest BCUT2D eigenvalue weighted by Crippen LogP contribution is 2.43. The fraction of sp³-hybridized carbons (Fsp3) is 0.160. The van der Waals surface area contributed by atoms with Crippen LogP contribution in [0.3, 0.4) is 0 Å². The maximum absolute atomic E-state index is 13.7. The van der Waals surface area contributed by atoms with Gasteiger partial charge in [-0.15, -0.1) is 11.3 Å². The number of nitrogens with zero attached hydrogens (tertiary/aromatic N) is 2. The zero-order valence-electron chi connectivity index (χ0n) is 17.9. The summed E-state index contributed by atoms with van der Waals surface area (Å²) < 4.78 is 12.5. The van der Waals surface area contributed by atoms with Gasteiger partial charge in [0.05, 0.1) is 22.7 Å². The van der Waals surface area contributed by atoms with E-state index in [1.54, 1.807) is 29.2 Å². The van der Waals surface area contributed by atoms with Gasteiger partial charge in [0, 0.05) is 9.35 Å². The summed E-state index contributed by atoms with van der Waals surface area (Å²) in [7, 11) is 0. The lowest BCUT2D eigenvalue weighted by Gasteiger charge is -2.23. The molecule has 2 aromatic carbocycles. The zero-order valence-corrected chi connectivity index (χ0v) is 20.3. The van der Waals surface area contributed by atoms with Crippen molar-refractivity contribution in [3.05, 3.63) is 97.3 Å². The van der Waals surface area contributed by atoms with Gasteiger partial charge in [0.2, 0.25) is 5.76 Å². The van der Waals surface area contributed by atoms with Crippen LogP contribution in [0.5, 0.6) is 5.75 Å². The molecule has 0 unspecified atom stereocenters. The molecule has 0 fully saturated rings. The highest BCUT2D eigenvalue weighted by Gasteiger charge is 2.45. The number of anilines is 1. The van der Waals surface area contributed by atoms with Gasteiger partial charge in [-0.2, -0.15) is 0 Å². The standard InChI is InChI=1S/C25H19BrN2O4S/c1-4-10-31-17-7-5-6-15(11-17)21-20-22(29)18-12-16(26)8-9-19(18)32-23(20)24(30)28(21)25-27-13(2)14(3)33-25/h4-9,11-12,21H,1,10H2,2-3H3/t21-/m0/s1. The van der Waals surface area contributed by atoms with Crippen LogP contribution in [0.4, 0.5) is 5.13 Å². The summed E-state index contributed by atoms with van der Waals surface area (Å²) in [6.45, 7) is 7.89. The van der Waals surface area contributed by atoms with Gasteiger partial charge in [-0.3, -0.25) is 14.5 Å². The van der Waals surface area contributed by atoms with Gasteiger partial charge < -0.3 is 9.15 Å². The summed E-state index contributed by atoms with van der Waals surface area (Å²) >= 11 is 4.83. The van der Waals surface area contributed by atoms with Crippen LogP contribution in [0.1, 0.15) is 38.3 Å². The number of aryl methyl sites for hydroxylation is 2. The van der Waals surface area contributed by atoms with Gasteiger partial charge in [-0.25, -0.2) is 4.98 Å². The van der Waals surface area contributed by atoms with Gasteiger partial charge in [-0.1, -0.05) is 40.7 Å². The summed E-state index contributed by atoms with van der Waals surface area (Å²) in [5.74, 6) is 0.276. The van der Waals surface area contributed by atoms with Crippen molar-refractivity contribution in [3.63, 3.8) is 0 Å². The molecule has 4 aromatic rings. The van der Waals surface area contributed by atoms with Crippen molar-refractivity contribution < 1.29 is 13.9 Å². The number of hydrogen-bond donors (Lipinski definition) is 0. The van der Waals surface area contributed by atoms with Gasteiger partial charge in [0.15, 0.2) is 10.6 Å². The molecule has 1 amide bonds. The van der Waals surface area contributed by atoms with Crippen molar-refractivity contribution in [2.45, 2.75) is 19.9 Å². The molecule has 3 heterocycles. The first-order valence-corrected chi connectivity index (χ1v) is 11.9. The van der Waals surface area contributed by atoms with Crippen molar-refractivity contribution in [2.75, 3.05) is 11.5 Å². The molecule has 0 saturated carbocycles. The SMILES string of the molecule is C=CCOc1cccc([C@H]2c3c(oc4ccc(Br)cc4c3=O)C(=O)N2c2nc(C)c(C)s2)c1. The first kappa shape index (κ1) is 21.6. The number of fused-ring (bicyclic) bond motifs is 2. The smallest absolute Gasteiger partial charge is 0.297 e. The predicted octanol–water partition coefficient (Wildman–Crippen LogP) is 5.94. The van der Waals surface area contributed by atoms with E-state index in [1.165, 1.54) is 11.3 Å². The van der Waals surface area contributed by atoms with Crippen LogP contribution >= 0.6 is 27.3 Å². The van der Waals surface area contributed by atoms with Crippen molar-refractivity contribution >= 4 is 49.3 Å². The van der Waals surface area contributed by atoms with Crippen LogP contribution in [-0.2, 0) is 0 Å². The lowest BCUT2D eigenvalue weighted by atomic mass is 9.98. The second-order valence-electron chi connectivity index (χ2n) is 7.70. The van der Waals surface area contributed by atoms with E-state index < -0.39 is 6.04 Å². The summed E-state index contributed by atoms with van der Waals surface area (Å²) in [6, 6.07) is 11.9. The van der Waals surface area contributed by atoms with E-state index in [-0.39, 0.29) is 17.1 Å². The van der Waals surface area contributed by atoms with Gasteiger partial charge >= 0.3 is 0 Å². The number of aromatic nitrogens is 1. The number of rotatable bonds is 5. The zero-order chi connectivity index (χ0) is 23.3. The molecule has 1 aliphatic rings. The minimum absolute atomic E-state index is 0.0442. The highest BCUT2D eigenvalue weighted by molar-refractivity contribution is 9.10. The Balaban J connectivity index is 1.77. The van der Waals surface area contributed by atoms with Crippen LogP contribution in [0, 0.1) is 13.8 Å². The Kier molecular flexibility index (Phi) is 5.42. The summed E-state index contributed by atoms with van der Waals surface area (Å²) in [5.41, 5.74) is 2.00. The molecule has 1 aliphatic heterocycles. The number of carbonyl (C=O) groups is 1. The van der Waals surface area contributed by atoms with Crippen molar-refractivity contribution in [1.82, 2.24) is 4.98 Å². The topological polar surface area (TPSA) is 72.6 Å². The summed E-state index contributed by atoms with van der Waals surface area (Å²) in [6.07, 6.45) is 1.66. The average molecular weight is 523 g/mol. The van der Waals surface area contributed by atoms with Crippen LogP contribution in [0.15, 0.2) is 68.8 Å². The van der Waals surface area contributed by atoms with E-state index >= 15 is 0 Å². The van der Waals surface area contributed by atoms with Gasteiger partial charge in [0.25, 0.3) is 5.91 Å². The second-order valence-corrected chi connectivity index (χ2v) is 9.80. The number of ether oxygens (including phenoxy) is 1. The third kappa shape index (κ3) is 3.59. The Hall–Kier alpha value is -3.23. The number of halogens is 1. The van der Waals surface area contributed by atoms with E-state index in [2.05, 4.69) is 27.5 Å². The van der Waals surface area contributed by atoms with Crippen molar-refractivity contribution in [2.24, 2.45) is 0 Å². The average Bonchev–Trinajstić information content (AvgIpc) is 3.29. The molecule has 33 heavy (non-hydrogen) atoms. The molecule has 0 aliphatic carbocycles. The quantitative estimate of drug-likeness (QED) is 0.303. The molecule has 8 heteroatoms. The van der Waals surface area contributed by atoms with Crippen molar-refractivity contribution in [1.29, 1.82) is 0 Å². The first-order valence-electron chi connectivity index (χ1n) is 10.3. The molecule has 0 radical (unpaired) electrons. The number of thiazole rings is 1. The molecule has 166 valence electrons. The number of carbonyl (C=O) groups excluding carboxylic acids is 1. The monoisotopic (exact) mass is 522 g/mol. The fourth-order valence-corrected chi connectivity index (χ4v) is 5.24. The highest BCUT2D eigenvalue weighted by atomic mass is 79.9. The predicted molar refractivity (Wildman–Crippen MR) is 133 cm³/mol. The fourth-order valence-electron chi connectivity index (χ4n) is 3.95.